The minimum atomic E-state index is -0.771. The van der Waals surface area contributed by atoms with E-state index in [1.54, 1.807) is 0 Å². The summed E-state index contributed by atoms with van der Waals surface area (Å²) in [6.07, 6.45) is 0. The number of hydrogen-bond donors (Lipinski definition) is 2. The standard InChI is InChI=1S/C19H33N3O4/c1-17(2,3)13(20-16(26)21-18(4,5)6)14(23)22-9-10-11(19(10,7)8)12(22)15(24)25/h10-13H,9H2,1-8H3,(H,24,25)(H2,20,21,26)/p+1/t10?,11?,12-,13+/m0/s1. The van der Waals surface area contributed by atoms with E-state index >= 15 is 0 Å². The highest BCUT2D eigenvalue weighted by atomic mass is 16.4. The van der Waals surface area contributed by atoms with Gasteiger partial charge in [0.15, 0.2) is 6.04 Å². The van der Waals surface area contributed by atoms with Gasteiger partial charge in [0.25, 0.3) is 0 Å². The average molecular weight is 368 g/mol. The second-order valence-corrected chi connectivity index (χ2v) is 10.4. The van der Waals surface area contributed by atoms with E-state index < -0.39 is 35.0 Å². The molecule has 1 saturated heterocycles. The zero-order valence-corrected chi connectivity index (χ0v) is 17.2. The van der Waals surface area contributed by atoms with Gasteiger partial charge in [-0.05, 0) is 37.5 Å². The van der Waals surface area contributed by atoms with Crippen LogP contribution in [0.15, 0.2) is 0 Å². The van der Waals surface area contributed by atoms with Crippen LogP contribution >= 0.6 is 0 Å². The van der Waals surface area contributed by atoms with Crippen molar-refractivity contribution in [3.63, 3.8) is 0 Å². The molecular formula is C19H34N3O4+. The maximum Gasteiger partial charge on any atom is 0.539 e. The van der Waals surface area contributed by atoms with Gasteiger partial charge in [-0.2, -0.15) is 0 Å². The summed E-state index contributed by atoms with van der Waals surface area (Å²) in [6, 6.07) is -1.89. The summed E-state index contributed by atoms with van der Waals surface area (Å²) in [5.74, 6) is -0.714. The Labute approximate surface area is 155 Å². The number of hydrogen-bond acceptors (Lipinski definition) is 3. The highest BCUT2D eigenvalue weighted by Crippen LogP contribution is 2.64. The Morgan fingerprint density at radius 3 is 2.08 bits per heavy atom. The number of carbonyl (C=O) groups excluding carboxylic acids is 3. The van der Waals surface area contributed by atoms with Crippen molar-refractivity contribution in [3.8, 4) is 0 Å². The lowest BCUT2D eigenvalue weighted by atomic mass is 9.85. The lowest BCUT2D eigenvalue weighted by Gasteiger charge is -2.36. The molecule has 7 nitrogen and oxygen atoms in total. The Balaban J connectivity index is 2.20. The average Bonchev–Trinajstić information content (AvgIpc) is 2.81. The summed E-state index contributed by atoms with van der Waals surface area (Å²) in [5.41, 5.74) is -0.953. The lowest BCUT2D eigenvalue weighted by molar-refractivity contribution is -0.152. The molecule has 1 aliphatic heterocycles. The SMILES string of the molecule is CC(C)(C)NC(=O)N[C@H](C(=O)N1CC2C([C@H]1C(=O)[OH2+])C2(C)C)C(C)(C)C. The van der Waals surface area contributed by atoms with E-state index in [1.807, 2.05) is 41.5 Å². The Hall–Kier alpha value is -1.79. The summed E-state index contributed by atoms with van der Waals surface area (Å²) < 4.78 is 0. The fourth-order valence-electron chi connectivity index (χ4n) is 4.14. The molecule has 1 aliphatic carbocycles. The van der Waals surface area contributed by atoms with E-state index in [1.165, 1.54) is 4.90 Å². The fourth-order valence-corrected chi connectivity index (χ4v) is 4.14. The van der Waals surface area contributed by atoms with Crippen LogP contribution in [0.1, 0.15) is 55.4 Å². The molecule has 26 heavy (non-hydrogen) atoms. The highest BCUT2D eigenvalue weighted by Gasteiger charge is 2.71. The number of piperidine rings is 1. The normalized spacial score (nSPS) is 28.2. The minimum Gasteiger partial charge on any atom is -0.563 e. The van der Waals surface area contributed by atoms with Crippen molar-refractivity contribution in [3.05, 3.63) is 0 Å². The maximum atomic E-state index is 13.2. The minimum absolute atomic E-state index is 0.00752. The van der Waals surface area contributed by atoms with Gasteiger partial charge in [0.1, 0.15) is 6.04 Å². The number of rotatable bonds is 3. The van der Waals surface area contributed by atoms with E-state index in [4.69, 9.17) is 5.11 Å². The van der Waals surface area contributed by atoms with E-state index in [0.29, 0.717) is 6.54 Å². The van der Waals surface area contributed by atoms with Crippen LogP contribution in [-0.4, -0.2) is 52.1 Å². The number of nitrogens with one attached hydrogen (secondary N) is 2. The molecule has 0 aromatic heterocycles. The molecule has 1 saturated carbocycles. The number of fused-ring (bicyclic) bond motifs is 1. The van der Waals surface area contributed by atoms with Crippen LogP contribution in [0, 0.1) is 22.7 Å². The molecule has 2 unspecified atom stereocenters. The predicted octanol–water partition coefficient (Wildman–Crippen LogP) is 1.23. The predicted molar refractivity (Wildman–Crippen MR) is 99.5 cm³/mol. The van der Waals surface area contributed by atoms with Gasteiger partial charge in [-0.1, -0.05) is 34.6 Å². The molecule has 0 aromatic carbocycles. The van der Waals surface area contributed by atoms with Gasteiger partial charge in [0.2, 0.25) is 5.91 Å². The van der Waals surface area contributed by atoms with Crippen LogP contribution in [0.3, 0.4) is 0 Å². The number of amides is 3. The second kappa shape index (κ2) is 6.13. The molecule has 148 valence electrons. The number of likely N-dealkylation sites (tertiary alicyclic amines) is 1. The van der Waals surface area contributed by atoms with Crippen molar-refractivity contribution in [2.24, 2.45) is 22.7 Å². The van der Waals surface area contributed by atoms with Crippen LogP contribution < -0.4 is 10.6 Å². The van der Waals surface area contributed by atoms with Gasteiger partial charge in [0, 0.05) is 22.8 Å². The second-order valence-electron chi connectivity index (χ2n) is 10.4. The van der Waals surface area contributed by atoms with E-state index in [9.17, 15) is 14.4 Å². The third kappa shape index (κ3) is 3.81. The smallest absolute Gasteiger partial charge is 0.539 e. The molecule has 2 aliphatic rings. The molecule has 7 heteroatoms. The Morgan fingerprint density at radius 2 is 1.65 bits per heavy atom. The first kappa shape index (κ1) is 20.5. The first-order valence-corrected chi connectivity index (χ1v) is 9.22. The van der Waals surface area contributed by atoms with Gasteiger partial charge < -0.3 is 20.6 Å². The summed E-state index contributed by atoms with van der Waals surface area (Å²) in [5, 5.41) is 13.2. The zero-order chi connectivity index (χ0) is 20.2. The van der Waals surface area contributed by atoms with Crippen molar-refractivity contribution < 1.29 is 19.5 Å². The molecule has 2 fully saturated rings. The molecular weight excluding hydrogens is 334 g/mol. The summed E-state index contributed by atoms with van der Waals surface area (Å²) in [7, 11) is 0. The fraction of sp³-hybridized carbons (Fsp3) is 0.842. The number of urea groups is 1. The zero-order valence-electron chi connectivity index (χ0n) is 17.2. The van der Waals surface area contributed by atoms with E-state index in [-0.39, 0.29) is 23.2 Å². The molecule has 4 N–H and O–H groups in total. The Kier molecular flexibility index (Phi) is 4.84. The van der Waals surface area contributed by atoms with Gasteiger partial charge >= 0.3 is 12.0 Å². The highest BCUT2D eigenvalue weighted by molar-refractivity contribution is 5.92. The summed E-state index contributed by atoms with van der Waals surface area (Å²) in [4.78, 5) is 39.0. The largest absolute Gasteiger partial charge is 0.563 e. The van der Waals surface area contributed by atoms with Crippen molar-refractivity contribution in [2.45, 2.75) is 73.0 Å². The van der Waals surface area contributed by atoms with Crippen molar-refractivity contribution in [1.29, 1.82) is 0 Å². The van der Waals surface area contributed by atoms with Gasteiger partial charge in [0.05, 0.1) is 0 Å². The molecule has 0 aromatic rings. The van der Waals surface area contributed by atoms with Gasteiger partial charge in [-0.15, -0.1) is 0 Å². The Morgan fingerprint density at radius 1 is 1.12 bits per heavy atom. The lowest BCUT2D eigenvalue weighted by Crippen LogP contribution is -2.60. The van der Waals surface area contributed by atoms with Crippen LogP contribution in [0.25, 0.3) is 0 Å². The third-order valence-corrected chi connectivity index (χ3v) is 5.64. The molecule has 0 radical (unpaired) electrons. The third-order valence-electron chi connectivity index (χ3n) is 5.64. The first-order chi connectivity index (χ1) is 11.6. The molecule has 1 heterocycles. The number of nitrogens with zero attached hydrogens (tertiary/aromatic N) is 1. The molecule has 0 spiro atoms. The first-order valence-electron chi connectivity index (χ1n) is 9.22. The Bertz CT molecular complexity index is 615. The number of carbonyl (C=O) groups is 3. The van der Waals surface area contributed by atoms with Gasteiger partial charge in [-0.3, -0.25) is 4.79 Å². The molecule has 3 amide bonds. The van der Waals surface area contributed by atoms with Crippen molar-refractivity contribution in [2.75, 3.05) is 6.54 Å². The maximum absolute atomic E-state index is 13.2. The monoisotopic (exact) mass is 368 g/mol. The van der Waals surface area contributed by atoms with Crippen LogP contribution in [-0.2, 0) is 9.59 Å². The quantitative estimate of drug-likeness (QED) is 0.733. The van der Waals surface area contributed by atoms with Crippen LogP contribution in [0.4, 0.5) is 4.79 Å². The van der Waals surface area contributed by atoms with E-state index in [2.05, 4.69) is 24.5 Å². The molecule has 4 atom stereocenters. The van der Waals surface area contributed by atoms with Gasteiger partial charge in [-0.25, -0.2) is 4.79 Å². The summed E-state index contributed by atoms with van der Waals surface area (Å²) >= 11 is 0. The molecule has 0 bridgehead atoms. The van der Waals surface area contributed by atoms with Crippen LogP contribution in [0.2, 0.25) is 0 Å². The van der Waals surface area contributed by atoms with Crippen LogP contribution in [0.5, 0.6) is 0 Å². The topological polar surface area (TPSA) is 101 Å². The van der Waals surface area contributed by atoms with Crippen molar-refractivity contribution in [1.82, 2.24) is 15.5 Å². The van der Waals surface area contributed by atoms with Crippen molar-refractivity contribution >= 4 is 17.9 Å². The summed E-state index contributed by atoms with van der Waals surface area (Å²) in [6.45, 7) is 15.9. The molecule has 2 rings (SSSR count). The van der Waals surface area contributed by atoms with E-state index in [0.717, 1.165) is 0 Å².